The zero-order valence-corrected chi connectivity index (χ0v) is 13.2. The summed E-state index contributed by atoms with van der Waals surface area (Å²) in [5.74, 6) is 0.0618. The van der Waals surface area contributed by atoms with Crippen LogP contribution in [0.25, 0.3) is 0 Å². The topological polar surface area (TPSA) is 58.4 Å². The van der Waals surface area contributed by atoms with E-state index in [1.165, 1.54) is 5.56 Å². The zero-order chi connectivity index (χ0) is 15.1. The van der Waals surface area contributed by atoms with Gasteiger partial charge in [-0.1, -0.05) is 31.3 Å². The maximum absolute atomic E-state index is 11.6. The molecule has 0 aliphatic carbocycles. The van der Waals surface area contributed by atoms with Gasteiger partial charge in [-0.3, -0.25) is 9.69 Å². The molecule has 4 nitrogen and oxygen atoms in total. The second-order valence-corrected chi connectivity index (χ2v) is 5.47. The Morgan fingerprint density at radius 3 is 2.70 bits per heavy atom. The summed E-state index contributed by atoms with van der Waals surface area (Å²) in [5, 5.41) is 2.87. The van der Waals surface area contributed by atoms with Crippen LogP contribution < -0.4 is 11.1 Å². The smallest absolute Gasteiger partial charge is 0.234 e. The first-order valence-corrected chi connectivity index (χ1v) is 7.19. The minimum absolute atomic E-state index is 0.0618. The number of aryl methyl sites for hydroxylation is 1. The number of thiocarbonyl (C=S) groups is 1. The standard InChI is InChI=1S/C15H23N3OS/c1-4-7-17-14(19)10-18(3)9-13-6-5-12(15(16)20)8-11(13)2/h5-6,8H,4,7,9-10H2,1-3H3,(H2,16,20)(H,17,19). The van der Waals surface area contributed by atoms with Gasteiger partial charge in [-0.25, -0.2) is 0 Å². The molecule has 0 heterocycles. The van der Waals surface area contributed by atoms with Crippen LogP contribution in [0.5, 0.6) is 0 Å². The van der Waals surface area contributed by atoms with Crippen molar-refractivity contribution in [2.75, 3.05) is 20.1 Å². The summed E-state index contributed by atoms with van der Waals surface area (Å²) >= 11 is 4.96. The Kier molecular flexibility index (Phi) is 6.61. The molecule has 0 fully saturated rings. The van der Waals surface area contributed by atoms with E-state index >= 15 is 0 Å². The van der Waals surface area contributed by atoms with E-state index in [1.54, 1.807) is 0 Å². The SMILES string of the molecule is CCCNC(=O)CN(C)Cc1ccc(C(N)=S)cc1C. The number of nitrogens with one attached hydrogen (secondary N) is 1. The first kappa shape index (κ1) is 16.6. The van der Waals surface area contributed by atoms with Crippen molar-refractivity contribution >= 4 is 23.1 Å². The summed E-state index contributed by atoms with van der Waals surface area (Å²) in [6, 6.07) is 5.93. The van der Waals surface area contributed by atoms with Crippen LogP contribution in [-0.4, -0.2) is 35.9 Å². The molecule has 0 spiro atoms. The third-order valence-electron chi connectivity index (χ3n) is 3.05. The van der Waals surface area contributed by atoms with Crippen LogP contribution in [-0.2, 0) is 11.3 Å². The van der Waals surface area contributed by atoms with E-state index in [-0.39, 0.29) is 5.91 Å². The zero-order valence-electron chi connectivity index (χ0n) is 12.4. The summed E-state index contributed by atoms with van der Waals surface area (Å²) in [6.45, 7) is 5.92. The molecule has 1 amide bonds. The number of likely N-dealkylation sites (N-methyl/N-ethyl adjacent to an activating group) is 1. The lowest BCUT2D eigenvalue weighted by molar-refractivity contribution is -0.122. The third-order valence-corrected chi connectivity index (χ3v) is 3.29. The number of nitrogens with zero attached hydrogens (tertiary/aromatic N) is 1. The number of amides is 1. The quantitative estimate of drug-likeness (QED) is 0.750. The fourth-order valence-electron chi connectivity index (χ4n) is 1.94. The van der Waals surface area contributed by atoms with E-state index in [2.05, 4.69) is 5.32 Å². The van der Waals surface area contributed by atoms with Crippen molar-refractivity contribution < 1.29 is 4.79 Å². The number of benzene rings is 1. The van der Waals surface area contributed by atoms with Crippen molar-refractivity contribution in [1.29, 1.82) is 0 Å². The molecule has 1 rings (SSSR count). The predicted octanol–water partition coefficient (Wildman–Crippen LogP) is 1.59. The summed E-state index contributed by atoms with van der Waals surface area (Å²) < 4.78 is 0. The van der Waals surface area contributed by atoms with E-state index in [9.17, 15) is 4.79 Å². The van der Waals surface area contributed by atoms with Crippen molar-refractivity contribution in [3.63, 3.8) is 0 Å². The first-order chi connectivity index (χ1) is 9.43. The Balaban J connectivity index is 2.59. The number of nitrogens with two attached hydrogens (primary N) is 1. The lowest BCUT2D eigenvalue weighted by Gasteiger charge is -2.18. The molecule has 20 heavy (non-hydrogen) atoms. The van der Waals surface area contributed by atoms with Crippen molar-refractivity contribution in [1.82, 2.24) is 10.2 Å². The molecule has 0 aromatic heterocycles. The molecule has 0 unspecified atom stereocenters. The van der Waals surface area contributed by atoms with Crippen molar-refractivity contribution in [3.05, 3.63) is 34.9 Å². The van der Waals surface area contributed by atoms with Gasteiger partial charge in [-0.05, 0) is 37.6 Å². The monoisotopic (exact) mass is 293 g/mol. The van der Waals surface area contributed by atoms with Crippen molar-refractivity contribution in [3.8, 4) is 0 Å². The molecular formula is C15H23N3OS. The molecule has 0 aliphatic rings. The van der Waals surface area contributed by atoms with Crippen LogP contribution in [0.1, 0.15) is 30.0 Å². The molecular weight excluding hydrogens is 270 g/mol. The minimum Gasteiger partial charge on any atom is -0.389 e. The number of rotatable bonds is 7. The fraction of sp³-hybridized carbons (Fsp3) is 0.467. The largest absolute Gasteiger partial charge is 0.389 e. The maximum Gasteiger partial charge on any atom is 0.234 e. The molecule has 0 saturated carbocycles. The van der Waals surface area contributed by atoms with Gasteiger partial charge in [0.1, 0.15) is 4.99 Å². The minimum atomic E-state index is 0.0618. The average Bonchev–Trinajstić information content (AvgIpc) is 2.38. The molecule has 0 atom stereocenters. The normalized spacial score (nSPS) is 10.6. The first-order valence-electron chi connectivity index (χ1n) is 6.78. The molecule has 0 aliphatic heterocycles. The molecule has 110 valence electrons. The highest BCUT2D eigenvalue weighted by atomic mass is 32.1. The Morgan fingerprint density at radius 2 is 2.15 bits per heavy atom. The van der Waals surface area contributed by atoms with E-state index in [4.69, 9.17) is 18.0 Å². The van der Waals surface area contributed by atoms with Crippen LogP contribution in [0, 0.1) is 6.92 Å². The lowest BCUT2D eigenvalue weighted by Crippen LogP contribution is -2.35. The second kappa shape index (κ2) is 7.97. The number of hydrogen-bond acceptors (Lipinski definition) is 3. The third kappa shape index (κ3) is 5.27. The van der Waals surface area contributed by atoms with Gasteiger partial charge < -0.3 is 11.1 Å². The van der Waals surface area contributed by atoms with Gasteiger partial charge in [0, 0.05) is 18.7 Å². The van der Waals surface area contributed by atoms with E-state index < -0.39 is 0 Å². The molecule has 0 bridgehead atoms. The highest BCUT2D eigenvalue weighted by Gasteiger charge is 2.08. The summed E-state index contributed by atoms with van der Waals surface area (Å²) in [6.07, 6.45) is 0.953. The Hall–Kier alpha value is -1.46. The molecule has 5 heteroatoms. The summed E-state index contributed by atoms with van der Waals surface area (Å²) in [4.78, 5) is 14.0. The number of carbonyl (C=O) groups is 1. The van der Waals surface area contributed by atoms with Crippen molar-refractivity contribution in [2.45, 2.75) is 26.8 Å². The van der Waals surface area contributed by atoms with Crippen molar-refractivity contribution in [2.24, 2.45) is 5.73 Å². The Labute approximate surface area is 126 Å². The van der Waals surface area contributed by atoms with Gasteiger partial charge in [0.2, 0.25) is 5.91 Å². The maximum atomic E-state index is 11.6. The summed E-state index contributed by atoms with van der Waals surface area (Å²) in [5.41, 5.74) is 8.81. The average molecular weight is 293 g/mol. The van der Waals surface area contributed by atoms with Crippen LogP contribution >= 0.6 is 12.2 Å². The van der Waals surface area contributed by atoms with Gasteiger partial charge in [-0.15, -0.1) is 0 Å². The highest BCUT2D eigenvalue weighted by molar-refractivity contribution is 7.80. The molecule has 0 saturated heterocycles. The van der Waals surface area contributed by atoms with Gasteiger partial charge in [-0.2, -0.15) is 0 Å². The lowest BCUT2D eigenvalue weighted by atomic mass is 10.0. The summed E-state index contributed by atoms with van der Waals surface area (Å²) in [7, 11) is 1.94. The van der Waals surface area contributed by atoms with E-state index in [0.29, 0.717) is 11.5 Å². The van der Waals surface area contributed by atoms with E-state index in [0.717, 1.165) is 30.6 Å². The molecule has 0 radical (unpaired) electrons. The second-order valence-electron chi connectivity index (χ2n) is 5.03. The number of hydrogen-bond donors (Lipinski definition) is 2. The van der Waals surface area contributed by atoms with Gasteiger partial charge in [0.15, 0.2) is 0 Å². The van der Waals surface area contributed by atoms with Gasteiger partial charge in [0.25, 0.3) is 0 Å². The van der Waals surface area contributed by atoms with Crippen LogP contribution in [0.2, 0.25) is 0 Å². The molecule has 1 aromatic carbocycles. The van der Waals surface area contributed by atoms with Crippen LogP contribution in [0.15, 0.2) is 18.2 Å². The fourth-order valence-corrected chi connectivity index (χ4v) is 2.07. The Bertz CT molecular complexity index is 488. The van der Waals surface area contributed by atoms with E-state index in [1.807, 2.05) is 44.0 Å². The van der Waals surface area contributed by atoms with Crippen LogP contribution in [0.4, 0.5) is 0 Å². The van der Waals surface area contributed by atoms with Gasteiger partial charge >= 0.3 is 0 Å². The Morgan fingerprint density at radius 1 is 1.45 bits per heavy atom. The van der Waals surface area contributed by atoms with Crippen LogP contribution in [0.3, 0.4) is 0 Å². The molecule has 3 N–H and O–H groups in total. The highest BCUT2D eigenvalue weighted by Crippen LogP contribution is 2.13. The predicted molar refractivity (Wildman–Crippen MR) is 86.7 cm³/mol. The molecule has 1 aromatic rings. The number of carbonyl (C=O) groups excluding carboxylic acids is 1. The van der Waals surface area contributed by atoms with Gasteiger partial charge in [0.05, 0.1) is 6.54 Å².